The van der Waals surface area contributed by atoms with Gasteiger partial charge in [0.2, 0.25) is 0 Å². The molecule has 2 N–H and O–H groups in total. The lowest BCUT2D eigenvalue weighted by Crippen LogP contribution is -2.10. The van der Waals surface area contributed by atoms with Gasteiger partial charge in [-0.3, -0.25) is 4.98 Å². The van der Waals surface area contributed by atoms with Crippen LogP contribution in [-0.4, -0.2) is 4.98 Å². The van der Waals surface area contributed by atoms with Crippen LogP contribution in [0.3, 0.4) is 0 Å². The van der Waals surface area contributed by atoms with Gasteiger partial charge in [-0.25, -0.2) is 0 Å². The van der Waals surface area contributed by atoms with Crippen molar-refractivity contribution in [2.24, 2.45) is 5.73 Å². The van der Waals surface area contributed by atoms with Crippen molar-refractivity contribution in [3.8, 4) is 0 Å². The molecule has 0 fully saturated rings. The van der Waals surface area contributed by atoms with Crippen molar-refractivity contribution in [1.82, 2.24) is 4.98 Å². The molecule has 2 rings (SSSR count). The number of rotatable bonds is 4. The lowest BCUT2D eigenvalue weighted by atomic mass is 10.1. The van der Waals surface area contributed by atoms with Gasteiger partial charge in [0, 0.05) is 17.1 Å². The standard InChI is InChI=1S/C13H16N2OS/c1-3-11(14)12-5-4-10(8-15-12)17-13-6-7-16-9(13)2/h4-8,11H,3,14H2,1-2H3. The van der Waals surface area contributed by atoms with Crippen molar-refractivity contribution in [2.45, 2.75) is 36.1 Å². The van der Waals surface area contributed by atoms with Crippen LogP contribution < -0.4 is 5.73 Å². The molecule has 3 nitrogen and oxygen atoms in total. The first-order chi connectivity index (χ1) is 8.20. The molecule has 0 radical (unpaired) electrons. The highest BCUT2D eigenvalue weighted by Crippen LogP contribution is 2.30. The number of nitrogens with two attached hydrogens (primary N) is 1. The third-order valence-corrected chi connectivity index (χ3v) is 3.74. The maximum Gasteiger partial charge on any atom is 0.114 e. The Labute approximate surface area is 105 Å². The van der Waals surface area contributed by atoms with Gasteiger partial charge in [-0.15, -0.1) is 0 Å². The van der Waals surface area contributed by atoms with E-state index in [4.69, 9.17) is 10.2 Å². The van der Waals surface area contributed by atoms with Gasteiger partial charge >= 0.3 is 0 Å². The molecule has 0 aliphatic carbocycles. The van der Waals surface area contributed by atoms with Gasteiger partial charge in [0.05, 0.1) is 16.9 Å². The van der Waals surface area contributed by atoms with E-state index in [2.05, 4.69) is 18.0 Å². The fraction of sp³-hybridized carbons (Fsp3) is 0.308. The Bertz CT molecular complexity index is 478. The van der Waals surface area contributed by atoms with Gasteiger partial charge in [-0.05, 0) is 31.5 Å². The van der Waals surface area contributed by atoms with E-state index in [1.54, 1.807) is 18.0 Å². The monoisotopic (exact) mass is 248 g/mol. The molecule has 1 atom stereocenters. The molecular formula is C13H16N2OS. The van der Waals surface area contributed by atoms with E-state index >= 15 is 0 Å². The molecule has 2 heterocycles. The second-order valence-electron chi connectivity index (χ2n) is 3.88. The predicted molar refractivity (Wildman–Crippen MR) is 69.0 cm³/mol. The quantitative estimate of drug-likeness (QED) is 0.899. The second-order valence-corrected chi connectivity index (χ2v) is 4.99. The van der Waals surface area contributed by atoms with Crippen LogP contribution in [0.2, 0.25) is 0 Å². The van der Waals surface area contributed by atoms with Gasteiger partial charge in [0.15, 0.2) is 0 Å². The second kappa shape index (κ2) is 5.38. The molecule has 0 aliphatic heterocycles. The summed E-state index contributed by atoms with van der Waals surface area (Å²) < 4.78 is 5.25. The molecule has 90 valence electrons. The summed E-state index contributed by atoms with van der Waals surface area (Å²) in [6.45, 7) is 4.01. The number of pyridine rings is 1. The van der Waals surface area contributed by atoms with Crippen molar-refractivity contribution >= 4 is 11.8 Å². The maximum absolute atomic E-state index is 5.92. The summed E-state index contributed by atoms with van der Waals surface area (Å²) in [4.78, 5) is 6.61. The normalized spacial score (nSPS) is 12.6. The molecule has 0 bridgehead atoms. The van der Waals surface area contributed by atoms with E-state index in [0.29, 0.717) is 0 Å². The first-order valence-electron chi connectivity index (χ1n) is 5.64. The summed E-state index contributed by atoms with van der Waals surface area (Å²) in [6.07, 6.45) is 4.47. The smallest absolute Gasteiger partial charge is 0.114 e. The zero-order chi connectivity index (χ0) is 12.3. The first-order valence-corrected chi connectivity index (χ1v) is 6.46. The maximum atomic E-state index is 5.92. The minimum absolute atomic E-state index is 0.0321. The number of hydrogen-bond acceptors (Lipinski definition) is 4. The third kappa shape index (κ3) is 2.90. The van der Waals surface area contributed by atoms with Crippen LogP contribution in [0.5, 0.6) is 0 Å². The van der Waals surface area contributed by atoms with Crippen molar-refractivity contribution in [2.75, 3.05) is 0 Å². The topological polar surface area (TPSA) is 52.0 Å². The highest BCUT2D eigenvalue weighted by Gasteiger charge is 2.07. The average molecular weight is 248 g/mol. The van der Waals surface area contributed by atoms with E-state index in [9.17, 15) is 0 Å². The van der Waals surface area contributed by atoms with E-state index < -0.39 is 0 Å². The fourth-order valence-corrected chi connectivity index (χ4v) is 2.30. The molecule has 1 unspecified atom stereocenters. The molecule has 0 spiro atoms. The first kappa shape index (κ1) is 12.2. The van der Waals surface area contributed by atoms with Crippen LogP contribution in [0.25, 0.3) is 0 Å². The molecular weight excluding hydrogens is 232 g/mol. The number of aromatic nitrogens is 1. The zero-order valence-corrected chi connectivity index (χ0v) is 10.8. The van der Waals surface area contributed by atoms with E-state index in [1.807, 2.05) is 25.3 Å². The number of hydrogen-bond donors (Lipinski definition) is 1. The average Bonchev–Trinajstić information content (AvgIpc) is 2.75. The van der Waals surface area contributed by atoms with Gasteiger partial charge in [0.1, 0.15) is 5.76 Å². The largest absolute Gasteiger partial charge is 0.468 e. The van der Waals surface area contributed by atoms with Crippen LogP contribution in [-0.2, 0) is 0 Å². The molecule has 0 amide bonds. The highest BCUT2D eigenvalue weighted by atomic mass is 32.2. The summed E-state index contributed by atoms with van der Waals surface area (Å²) >= 11 is 1.65. The van der Waals surface area contributed by atoms with Gasteiger partial charge in [-0.2, -0.15) is 0 Å². The fourth-order valence-electron chi connectivity index (χ4n) is 1.49. The van der Waals surface area contributed by atoms with Gasteiger partial charge in [0.25, 0.3) is 0 Å². The Morgan fingerprint density at radius 2 is 2.24 bits per heavy atom. The number of furan rings is 1. The minimum Gasteiger partial charge on any atom is -0.468 e. The van der Waals surface area contributed by atoms with Crippen molar-refractivity contribution in [3.05, 3.63) is 42.1 Å². The Morgan fingerprint density at radius 1 is 1.41 bits per heavy atom. The van der Waals surface area contributed by atoms with E-state index in [-0.39, 0.29) is 6.04 Å². The van der Waals surface area contributed by atoms with Crippen molar-refractivity contribution < 1.29 is 4.42 Å². The Balaban J connectivity index is 2.11. The summed E-state index contributed by atoms with van der Waals surface area (Å²) in [5.74, 6) is 0.935. The van der Waals surface area contributed by atoms with Crippen LogP contribution >= 0.6 is 11.8 Å². The van der Waals surface area contributed by atoms with Crippen LogP contribution in [0.1, 0.15) is 30.8 Å². The lowest BCUT2D eigenvalue weighted by Gasteiger charge is -2.08. The highest BCUT2D eigenvalue weighted by molar-refractivity contribution is 7.99. The number of nitrogens with zero attached hydrogens (tertiary/aromatic N) is 1. The summed E-state index contributed by atoms with van der Waals surface area (Å²) in [5, 5.41) is 0. The third-order valence-electron chi connectivity index (χ3n) is 2.62. The van der Waals surface area contributed by atoms with Crippen LogP contribution in [0.4, 0.5) is 0 Å². The Hall–Kier alpha value is -1.26. The summed E-state index contributed by atoms with van der Waals surface area (Å²) in [6, 6.07) is 6.04. The molecule has 0 aliphatic rings. The SMILES string of the molecule is CCC(N)c1ccc(Sc2ccoc2C)cn1. The van der Waals surface area contributed by atoms with Crippen molar-refractivity contribution in [1.29, 1.82) is 0 Å². The van der Waals surface area contributed by atoms with E-state index in [0.717, 1.165) is 27.7 Å². The van der Waals surface area contributed by atoms with Crippen LogP contribution in [0.15, 0.2) is 44.9 Å². The summed E-state index contributed by atoms with van der Waals surface area (Å²) in [7, 11) is 0. The molecule has 4 heteroatoms. The lowest BCUT2D eigenvalue weighted by molar-refractivity contribution is 0.527. The molecule has 0 saturated heterocycles. The number of aryl methyl sites for hydroxylation is 1. The predicted octanol–water partition coefficient (Wildman–Crippen LogP) is 3.54. The minimum atomic E-state index is 0.0321. The molecule has 0 saturated carbocycles. The van der Waals surface area contributed by atoms with Crippen LogP contribution in [0, 0.1) is 6.92 Å². The molecule has 2 aromatic rings. The summed E-state index contributed by atoms with van der Waals surface area (Å²) in [5.41, 5.74) is 6.87. The molecule has 2 aromatic heterocycles. The van der Waals surface area contributed by atoms with E-state index in [1.165, 1.54) is 0 Å². The van der Waals surface area contributed by atoms with Crippen molar-refractivity contribution in [3.63, 3.8) is 0 Å². The van der Waals surface area contributed by atoms with Gasteiger partial charge in [-0.1, -0.05) is 18.7 Å². The Kier molecular flexibility index (Phi) is 3.86. The molecule has 0 aromatic carbocycles. The zero-order valence-electron chi connectivity index (χ0n) is 10.0. The van der Waals surface area contributed by atoms with Gasteiger partial charge < -0.3 is 10.2 Å². The molecule has 17 heavy (non-hydrogen) atoms. The Morgan fingerprint density at radius 3 is 2.76 bits per heavy atom.